The van der Waals surface area contributed by atoms with Gasteiger partial charge >= 0.3 is 0 Å². The Hall–Kier alpha value is -0.720. The molecule has 0 saturated carbocycles. The summed E-state index contributed by atoms with van der Waals surface area (Å²) in [7, 11) is 0. The van der Waals surface area contributed by atoms with Crippen molar-refractivity contribution in [2.24, 2.45) is 5.92 Å². The van der Waals surface area contributed by atoms with Crippen molar-refractivity contribution in [2.75, 3.05) is 5.75 Å². The van der Waals surface area contributed by atoms with Crippen LogP contribution in [0, 0.1) is 17.2 Å². The number of pyridine rings is 1. The third-order valence-electron chi connectivity index (χ3n) is 1.53. The molecule has 0 saturated heterocycles. The van der Waals surface area contributed by atoms with Crippen molar-refractivity contribution in [3.05, 3.63) is 22.8 Å². The van der Waals surface area contributed by atoms with E-state index in [1.54, 1.807) is 24.0 Å². The molecule has 0 atom stereocenters. The first-order valence-electron chi connectivity index (χ1n) is 4.32. The second-order valence-electron chi connectivity index (χ2n) is 3.29. The summed E-state index contributed by atoms with van der Waals surface area (Å²) in [6.07, 6.45) is 1.62. The molecular formula is C10H11ClN2S. The quantitative estimate of drug-likeness (QED) is 0.742. The average molecular weight is 227 g/mol. The van der Waals surface area contributed by atoms with Gasteiger partial charge in [-0.05, 0) is 12.0 Å². The highest BCUT2D eigenvalue weighted by molar-refractivity contribution is 7.99. The SMILES string of the molecule is CC(C)CSc1nccc(C#N)c1Cl. The van der Waals surface area contributed by atoms with Gasteiger partial charge in [-0.25, -0.2) is 4.98 Å². The molecule has 4 heteroatoms. The van der Waals surface area contributed by atoms with Gasteiger partial charge in [-0.2, -0.15) is 5.26 Å². The Labute approximate surface area is 93.3 Å². The number of halogens is 1. The predicted molar refractivity (Wildman–Crippen MR) is 59.5 cm³/mol. The van der Waals surface area contributed by atoms with Gasteiger partial charge in [-0.15, -0.1) is 11.8 Å². The van der Waals surface area contributed by atoms with Gasteiger partial charge in [0.15, 0.2) is 0 Å². The monoisotopic (exact) mass is 226 g/mol. The van der Waals surface area contributed by atoms with Crippen LogP contribution in [-0.4, -0.2) is 10.7 Å². The Balaban J connectivity index is 2.83. The van der Waals surface area contributed by atoms with Gasteiger partial charge in [0.25, 0.3) is 0 Å². The fourth-order valence-corrected chi connectivity index (χ4v) is 2.04. The highest BCUT2D eigenvalue weighted by atomic mass is 35.5. The third kappa shape index (κ3) is 2.90. The van der Waals surface area contributed by atoms with Crippen LogP contribution in [0.4, 0.5) is 0 Å². The van der Waals surface area contributed by atoms with Crippen LogP contribution < -0.4 is 0 Å². The normalized spacial score (nSPS) is 10.2. The molecule has 0 fully saturated rings. The molecule has 0 aliphatic heterocycles. The van der Waals surface area contributed by atoms with E-state index in [0.717, 1.165) is 10.8 Å². The standard InChI is InChI=1S/C10H11ClN2S/c1-7(2)6-14-10-9(11)8(5-12)3-4-13-10/h3-4,7H,6H2,1-2H3. The highest BCUT2D eigenvalue weighted by Crippen LogP contribution is 2.28. The van der Waals surface area contributed by atoms with Gasteiger partial charge in [0.1, 0.15) is 11.1 Å². The lowest BCUT2D eigenvalue weighted by Crippen LogP contribution is -1.93. The minimum atomic E-state index is 0.473. The topological polar surface area (TPSA) is 36.7 Å². The molecule has 0 aromatic carbocycles. The molecule has 0 amide bonds. The maximum Gasteiger partial charge on any atom is 0.116 e. The summed E-state index contributed by atoms with van der Waals surface area (Å²) < 4.78 is 0. The van der Waals surface area contributed by atoms with Gasteiger partial charge in [0, 0.05) is 11.9 Å². The zero-order valence-corrected chi connectivity index (χ0v) is 9.69. The number of rotatable bonds is 3. The molecule has 0 N–H and O–H groups in total. The summed E-state index contributed by atoms with van der Waals surface area (Å²) >= 11 is 7.58. The zero-order valence-electron chi connectivity index (χ0n) is 8.12. The smallest absolute Gasteiger partial charge is 0.116 e. The summed E-state index contributed by atoms with van der Waals surface area (Å²) in [4.78, 5) is 4.14. The van der Waals surface area contributed by atoms with Crippen LogP contribution in [0.25, 0.3) is 0 Å². The highest BCUT2D eigenvalue weighted by Gasteiger charge is 2.07. The van der Waals surface area contributed by atoms with E-state index in [1.165, 1.54) is 0 Å². The molecule has 1 rings (SSSR count). The Bertz CT molecular complexity index is 358. The van der Waals surface area contributed by atoms with Crippen LogP contribution in [0.5, 0.6) is 0 Å². The minimum absolute atomic E-state index is 0.473. The largest absolute Gasteiger partial charge is 0.248 e. The number of aromatic nitrogens is 1. The summed E-state index contributed by atoms with van der Waals surface area (Å²) in [6, 6.07) is 3.66. The van der Waals surface area contributed by atoms with Gasteiger partial charge < -0.3 is 0 Å². The van der Waals surface area contributed by atoms with Crippen LogP contribution in [-0.2, 0) is 0 Å². The van der Waals surface area contributed by atoms with Crippen LogP contribution in [0.3, 0.4) is 0 Å². The Morgan fingerprint density at radius 1 is 1.64 bits per heavy atom. The molecule has 74 valence electrons. The molecular weight excluding hydrogens is 216 g/mol. The van der Waals surface area contributed by atoms with Crippen LogP contribution >= 0.6 is 23.4 Å². The van der Waals surface area contributed by atoms with Crippen molar-refractivity contribution in [1.82, 2.24) is 4.98 Å². The van der Waals surface area contributed by atoms with Crippen molar-refractivity contribution in [3.8, 4) is 6.07 Å². The van der Waals surface area contributed by atoms with E-state index in [-0.39, 0.29) is 0 Å². The Morgan fingerprint density at radius 3 is 2.93 bits per heavy atom. The van der Waals surface area contributed by atoms with E-state index in [4.69, 9.17) is 16.9 Å². The fraction of sp³-hybridized carbons (Fsp3) is 0.400. The lowest BCUT2D eigenvalue weighted by Gasteiger charge is -2.05. The van der Waals surface area contributed by atoms with E-state index in [0.29, 0.717) is 16.5 Å². The van der Waals surface area contributed by atoms with Crippen molar-refractivity contribution in [3.63, 3.8) is 0 Å². The number of hydrogen-bond acceptors (Lipinski definition) is 3. The Kier molecular flexibility index (Phi) is 4.24. The van der Waals surface area contributed by atoms with Crippen LogP contribution in [0.15, 0.2) is 17.3 Å². The van der Waals surface area contributed by atoms with Crippen molar-refractivity contribution in [1.29, 1.82) is 5.26 Å². The molecule has 2 nitrogen and oxygen atoms in total. The molecule has 0 spiro atoms. The number of hydrogen-bond donors (Lipinski definition) is 0. The molecule has 0 aliphatic rings. The summed E-state index contributed by atoms with van der Waals surface area (Å²) in [5.74, 6) is 1.55. The van der Waals surface area contributed by atoms with Gasteiger partial charge in [0.05, 0.1) is 10.6 Å². The first-order chi connectivity index (χ1) is 6.65. The maximum absolute atomic E-state index is 8.75. The van der Waals surface area contributed by atoms with E-state index in [1.807, 2.05) is 6.07 Å². The molecule has 14 heavy (non-hydrogen) atoms. The molecule has 0 aliphatic carbocycles. The maximum atomic E-state index is 8.75. The minimum Gasteiger partial charge on any atom is -0.248 e. The van der Waals surface area contributed by atoms with Gasteiger partial charge in [-0.3, -0.25) is 0 Å². The molecule has 0 bridgehead atoms. The van der Waals surface area contributed by atoms with Crippen molar-refractivity contribution >= 4 is 23.4 Å². The second-order valence-corrected chi connectivity index (χ2v) is 4.68. The summed E-state index contributed by atoms with van der Waals surface area (Å²) in [5, 5.41) is 9.97. The van der Waals surface area contributed by atoms with E-state index in [9.17, 15) is 0 Å². The summed E-state index contributed by atoms with van der Waals surface area (Å²) in [5.41, 5.74) is 0.493. The number of nitrogens with zero attached hydrogens (tertiary/aromatic N) is 2. The number of nitriles is 1. The van der Waals surface area contributed by atoms with Gasteiger partial charge in [0.2, 0.25) is 0 Å². The van der Waals surface area contributed by atoms with E-state index >= 15 is 0 Å². The Morgan fingerprint density at radius 2 is 2.36 bits per heavy atom. The van der Waals surface area contributed by atoms with E-state index in [2.05, 4.69) is 18.8 Å². The first kappa shape index (κ1) is 11.4. The zero-order chi connectivity index (χ0) is 10.6. The fourth-order valence-electron chi connectivity index (χ4n) is 0.857. The molecule has 0 unspecified atom stereocenters. The van der Waals surface area contributed by atoms with Crippen LogP contribution in [0.2, 0.25) is 5.02 Å². The first-order valence-corrected chi connectivity index (χ1v) is 5.69. The van der Waals surface area contributed by atoms with Crippen molar-refractivity contribution < 1.29 is 0 Å². The van der Waals surface area contributed by atoms with E-state index < -0.39 is 0 Å². The second kappa shape index (κ2) is 5.23. The lowest BCUT2D eigenvalue weighted by molar-refractivity contribution is 0.749. The predicted octanol–water partition coefficient (Wildman–Crippen LogP) is 3.35. The summed E-state index contributed by atoms with van der Waals surface area (Å²) in [6.45, 7) is 4.27. The molecule has 0 radical (unpaired) electrons. The lowest BCUT2D eigenvalue weighted by atomic mass is 10.3. The molecule has 1 aromatic rings. The van der Waals surface area contributed by atoms with Gasteiger partial charge in [-0.1, -0.05) is 25.4 Å². The molecule has 1 aromatic heterocycles. The average Bonchev–Trinajstić information content (AvgIpc) is 2.16. The van der Waals surface area contributed by atoms with Crippen LogP contribution in [0.1, 0.15) is 19.4 Å². The third-order valence-corrected chi connectivity index (χ3v) is 3.44. The molecule has 1 heterocycles. The number of thioether (sulfide) groups is 1. The van der Waals surface area contributed by atoms with Crippen molar-refractivity contribution in [2.45, 2.75) is 18.9 Å².